The number of thiol groups is 1. The third-order valence-electron chi connectivity index (χ3n) is 1.70. The van der Waals surface area contributed by atoms with Gasteiger partial charge in [0.15, 0.2) is 0 Å². The van der Waals surface area contributed by atoms with Crippen LogP contribution in [0.1, 0.15) is 11.1 Å². The molecular formula is C8H10BN2O2S. The Kier molecular flexibility index (Phi) is 5.79. The van der Waals surface area contributed by atoms with Gasteiger partial charge in [0.1, 0.15) is 0 Å². The van der Waals surface area contributed by atoms with Crippen LogP contribution in [0.4, 0.5) is 5.69 Å². The first-order valence-electron chi connectivity index (χ1n) is 3.78. The second kappa shape index (κ2) is 6.31. The van der Waals surface area contributed by atoms with Gasteiger partial charge in [0.25, 0.3) is 5.69 Å². The van der Waals surface area contributed by atoms with Crippen LogP contribution >= 0.6 is 12.8 Å². The van der Waals surface area contributed by atoms with Gasteiger partial charge in [-0.05, 0) is 25.0 Å². The minimum absolute atomic E-state index is 0.160. The molecule has 4 nitrogen and oxygen atoms in total. The fourth-order valence-electron chi connectivity index (χ4n) is 0.839. The van der Waals surface area contributed by atoms with Crippen molar-refractivity contribution in [2.75, 3.05) is 0 Å². The third kappa shape index (κ3) is 4.18. The summed E-state index contributed by atoms with van der Waals surface area (Å²) >= 11 is 3.19. The van der Waals surface area contributed by atoms with Gasteiger partial charge in [0.2, 0.25) is 0 Å². The van der Waals surface area contributed by atoms with Crippen LogP contribution in [0.3, 0.4) is 0 Å². The van der Waals surface area contributed by atoms with Crippen molar-refractivity contribution < 1.29 is 4.92 Å². The number of hydrogen-bond donors (Lipinski definition) is 1. The van der Waals surface area contributed by atoms with Gasteiger partial charge in [0, 0.05) is 12.1 Å². The zero-order valence-electron chi connectivity index (χ0n) is 7.97. The first-order chi connectivity index (χ1) is 6.52. The molecule has 1 aromatic carbocycles. The molecule has 0 saturated carbocycles. The summed E-state index contributed by atoms with van der Waals surface area (Å²) in [6.07, 6.45) is 0. The number of rotatable bonds is 1. The molecule has 6 heteroatoms. The summed E-state index contributed by atoms with van der Waals surface area (Å²) in [5.74, 6) is 0. The second-order valence-corrected chi connectivity index (χ2v) is 2.87. The van der Waals surface area contributed by atoms with Gasteiger partial charge in [-0.1, -0.05) is 6.07 Å². The molecule has 0 spiro atoms. The Morgan fingerprint density at radius 1 is 1.43 bits per heavy atom. The molecule has 73 valence electrons. The Balaban J connectivity index is 0.000000500. The normalized spacial score (nSPS) is 8.43. The summed E-state index contributed by atoms with van der Waals surface area (Å²) in [5, 5.41) is 10.3. The summed E-state index contributed by atoms with van der Waals surface area (Å²) in [5.41, 5.74) is 2.20. The SMILES string of the molecule is Cc1ccc([N+](=O)[O-])cc1C.[B]=NS. The van der Waals surface area contributed by atoms with Crippen LogP contribution in [0.5, 0.6) is 0 Å². The molecule has 0 saturated heterocycles. The molecule has 0 unspecified atom stereocenters. The molecule has 0 aliphatic heterocycles. The first-order valence-corrected chi connectivity index (χ1v) is 4.18. The monoisotopic (exact) mass is 209 g/mol. The van der Waals surface area contributed by atoms with E-state index in [0.29, 0.717) is 0 Å². The van der Waals surface area contributed by atoms with Gasteiger partial charge in [-0.3, -0.25) is 10.1 Å². The molecule has 0 heterocycles. The summed E-state index contributed by atoms with van der Waals surface area (Å²) < 4.78 is 2.69. The fraction of sp³-hybridized carbons (Fsp3) is 0.250. The quantitative estimate of drug-likeness (QED) is 0.334. The molecule has 1 aromatic rings. The Bertz CT molecular complexity index is 344. The van der Waals surface area contributed by atoms with E-state index < -0.39 is 0 Å². The Labute approximate surface area is 89.2 Å². The van der Waals surface area contributed by atoms with E-state index in [1.807, 2.05) is 13.8 Å². The van der Waals surface area contributed by atoms with Crippen molar-refractivity contribution in [2.24, 2.45) is 4.30 Å². The zero-order valence-corrected chi connectivity index (χ0v) is 8.86. The van der Waals surface area contributed by atoms with Gasteiger partial charge in [-0.2, -0.15) is 0 Å². The number of aryl methyl sites for hydroxylation is 2. The van der Waals surface area contributed by atoms with Gasteiger partial charge in [-0.25, -0.2) is 0 Å². The van der Waals surface area contributed by atoms with Crippen LogP contribution in [-0.4, -0.2) is 12.6 Å². The third-order valence-corrected chi connectivity index (χ3v) is 1.70. The molecule has 1 rings (SSSR count). The van der Waals surface area contributed by atoms with Crippen molar-refractivity contribution in [3.05, 3.63) is 39.4 Å². The summed E-state index contributed by atoms with van der Waals surface area (Å²) in [4.78, 5) is 9.89. The maximum absolute atomic E-state index is 10.3. The Morgan fingerprint density at radius 3 is 2.29 bits per heavy atom. The number of nitro benzene ring substituents is 1. The van der Waals surface area contributed by atoms with Gasteiger partial charge >= 0.3 is 24.8 Å². The molecule has 0 aromatic heterocycles. The topological polar surface area (TPSA) is 55.5 Å². The van der Waals surface area contributed by atoms with Crippen molar-refractivity contribution in [3.8, 4) is 0 Å². The zero-order chi connectivity index (χ0) is 11.1. The van der Waals surface area contributed by atoms with E-state index in [0.717, 1.165) is 11.1 Å². The predicted octanol–water partition coefficient (Wildman–Crippen LogP) is 2.39. The van der Waals surface area contributed by atoms with E-state index in [1.165, 1.54) is 6.07 Å². The molecule has 0 fully saturated rings. The van der Waals surface area contributed by atoms with Crippen molar-refractivity contribution in [2.45, 2.75) is 13.8 Å². The number of non-ortho nitro benzene ring substituents is 1. The molecule has 1 radical (unpaired) electrons. The van der Waals surface area contributed by atoms with Crippen LogP contribution < -0.4 is 0 Å². The minimum atomic E-state index is -0.382. The van der Waals surface area contributed by atoms with E-state index in [-0.39, 0.29) is 10.6 Å². The van der Waals surface area contributed by atoms with E-state index in [1.54, 1.807) is 12.1 Å². The van der Waals surface area contributed by atoms with E-state index >= 15 is 0 Å². The molecule has 0 atom stereocenters. The Hall–Kier alpha value is -1.17. The number of hydrogen-bond acceptors (Lipinski definition) is 4. The molecular weight excluding hydrogens is 199 g/mol. The van der Waals surface area contributed by atoms with Crippen LogP contribution in [0.25, 0.3) is 0 Å². The van der Waals surface area contributed by atoms with Crippen molar-refractivity contribution in [1.29, 1.82) is 0 Å². The van der Waals surface area contributed by atoms with Gasteiger partial charge < -0.3 is 0 Å². The van der Waals surface area contributed by atoms with E-state index in [9.17, 15) is 10.1 Å². The van der Waals surface area contributed by atoms with Crippen LogP contribution in [-0.2, 0) is 0 Å². The summed E-state index contributed by atoms with van der Waals surface area (Å²) in [6, 6.07) is 4.85. The summed E-state index contributed by atoms with van der Waals surface area (Å²) in [6.45, 7) is 3.79. The molecule has 0 amide bonds. The molecule has 0 aliphatic rings. The Morgan fingerprint density at radius 2 is 1.93 bits per heavy atom. The molecule has 0 bridgehead atoms. The van der Waals surface area contributed by atoms with Crippen molar-refractivity contribution in [3.63, 3.8) is 0 Å². The average Bonchev–Trinajstić information content (AvgIpc) is 2.10. The van der Waals surface area contributed by atoms with E-state index in [4.69, 9.17) is 0 Å². The fourth-order valence-corrected chi connectivity index (χ4v) is 0.839. The van der Waals surface area contributed by atoms with Crippen molar-refractivity contribution >= 4 is 26.1 Å². The van der Waals surface area contributed by atoms with Crippen LogP contribution in [0.15, 0.2) is 22.5 Å². The number of nitro groups is 1. The molecule has 14 heavy (non-hydrogen) atoms. The second-order valence-electron chi connectivity index (χ2n) is 2.64. The van der Waals surface area contributed by atoms with Crippen LogP contribution in [0, 0.1) is 24.0 Å². The maximum atomic E-state index is 10.3. The predicted molar refractivity (Wildman–Crippen MR) is 59.7 cm³/mol. The number of nitrogens with zero attached hydrogens (tertiary/aromatic N) is 2. The van der Waals surface area contributed by atoms with Crippen molar-refractivity contribution in [1.82, 2.24) is 0 Å². The molecule has 0 N–H and O–H groups in total. The van der Waals surface area contributed by atoms with Crippen LogP contribution in [0.2, 0.25) is 0 Å². The van der Waals surface area contributed by atoms with E-state index in [2.05, 4.69) is 24.8 Å². The molecule has 0 aliphatic carbocycles. The standard InChI is InChI=1S/C8H9NO2.BHNS/c1-6-3-4-8(9(10)11)5-7(6)2;1-2-3/h3-5H,1-2H3;3H. The summed E-state index contributed by atoms with van der Waals surface area (Å²) in [7, 11) is 4.34. The first kappa shape index (κ1) is 12.8. The van der Waals surface area contributed by atoms with Gasteiger partial charge in [-0.15, -0.1) is 0 Å². The van der Waals surface area contributed by atoms with Gasteiger partial charge in [0.05, 0.1) is 4.92 Å². The average molecular weight is 209 g/mol. The number of benzene rings is 1.